The lowest BCUT2D eigenvalue weighted by Crippen LogP contribution is -2.39. The first kappa shape index (κ1) is 29.9. The van der Waals surface area contributed by atoms with E-state index in [1.807, 2.05) is 48.2 Å². The number of halogens is 1. The van der Waals surface area contributed by atoms with Gasteiger partial charge in [-0.05, 0) is 66.8 Å². The van der Waals surface area contributed by atoms with Gasteiger partial charge in [-0.15, -0.1) is 0 Å². The number of hydrogen-bond donors (Lipinski definition) is 0. The number of aromatic nitrogens is 1. The Labute approximate surface area is 252 Å². The lowest BCUT2D eigenvalue weighted by Gasteiger charge is -2.32. The summed E-state index contributed by atoms with van der Waals surface area (Å²) in [6.45, 7) is 5.68. The molecule has 222 valence electrons. The molecule has 0 spiro atoms. The van der Waals surface area contributed by atoms with E-state index in [9.17, 15) is 14.0 Å². The van der Waals surface area contributed by atoms with Crippen molar-refractivity contribution in [3.05, 3.63) is 125 Å². The van der Waals surface area contributed by atoms with Crippen LogP contribution in [-0.4, -0.2) is 59.9 Å². The fourth-order valence-corrected chi connectivity index (χ4v) is 5.61. The summed E-state index contributed by atoms with van der Waals surface area (Å²) >= 11 is 0. The van der Waals surface area contributed by atoms with E-state index in [2.05, 4.69) is 22.0 Å². The van der Waals surface area contributed by atoms with Gasteiger partial charge >= 0.3 is 0 Å². The summed E-state index contributed by atoms with van der Waals surface area (Å²) in [5.41, 5.74) is 4.71. The van der Waals surface area contributed by atoms with Gasteiger partial charge in [-0.2, -0.15) is 0 Å². The van der Waals surface area contributed by atoms with Gasteiger partial charge in [-0.25, -0.2) is 9.37 Å². The van der Waals surface area contributed by atoms with Gasteiger partial charge in [0, 0.05) is 57.1 Å². The van der Waals surface area contributed by atoms with Crippen LogP contribution in [0.3, 0.4) is 0 Å². The van der Waals surface area contributed by atoms with Crippen LogP contribution < -0.4 is 9.64 Å². The monoisotopic (exact) mass is 580 g/mol. The van der Waals surface area contributed by atoms with E-state index >= 15 is 0 Å². The van der Waals surface area contributed by atoms with Crippen LogP contribution in [0.2, 0.25) is 0 Å². The van der Waals surface area contributed by atoms with Gasteiger partial charge in [0.1, 0.15) is 5.82 Å². The highest BCUT2D eigenvalue weighted by Gasteiger charge is 2.26. The smallest absolute Gasteiger partial charge is 0.258 e. The molecule has 5 rings (SSSR count). The molecule has 1 aliphatic rings. The summed E-state index contributed by atoms with van der Waals surface area (Å²) in [4.78, 5) is 38.1. The third-order valence-corrected chi connectivity index (χ3v) is 7.78. The van der Waals surface area contributed by atoms with E-state index in [-0.39, 0.29) is 17.6 Å². The van der Waals surface area contributed by atoms with Crippen molar-refractivity contribution < 1.29 is 18.7 Å². The van der Waals surface area contributed by atoms with E-state index in [1.165, 1.54) is 29.8 Å². The number of nitrogens with zero attached hydrogens (tertiary/aromatic N) is 4. The molecule has 0 saturated heterocycles. The molecular formula is C35H37FN4O3. The van der Waals surface area contributed by atoms with E-state index in [4.69, 9.17) is 4.74 Å². The number of carbonyl (C=O) groups is 2. The molecule has 0 saturated carbocycles. The first-order valence-corrected chi connectivity index (χ1v) is 14.6. The van der Waals surface area contributed by atoms with Crippen LogP contribution in [-0.2, 0) is 13.1 Å². The lowest BCUT2D eigenvalue weighted by molar-refractivity contribution is 0.0733. The fourth-order valence-electron chi connectivity index (χ4n) is 5.61. The minimum absolute atomic E-state index is 0.134. The molecule has 1 aliphatic heterocycles. The van der Waals surface area contributed by atoms with E-state index in [0.717, 1.165) is 49.3 Å². The molecular weight excluding hydrogens is 543 g/mol. The van der Waals surface area contributed by atoms with Crippen LogP contribution in [0.4, 0.5) is 10.1 Å². The van der Waals surface area contributed by atoms with Gasteiger partial charge in [-0.3, -0.25) is 14.5 Å². The maximum atomic E-state index is 14.0. The molecule has 2 amide bonds. The van der Waals surface area contributed by atoms with Gasteiger partial charge in [0.25, 0.3) is 11.8 Å². The second-order valence-corrected chi connectivity index (χ2v) is 10.8. The van der Waals surface area contributed by atoms with Crippen molar-refractivity contribution in [2.24, 2.45) is 0 Å². The lowest BCUT2D eigenvalue weighted by atomic mass is 10.0. The second kappa shape index (κ2) is 14.1. The van der Waals surface area contributed by atoms with Crippen molar-refractivity contribution in [2.45, 2.75) is 32.9 Å². The summed E-state index contributed by atoms with van der Waals surface area (Å²) in [7, 11) is 1.54. The summed E-state index contributed by atoms with van der Waals surface area (Å²) < 4.78 is 18.9. The predicted molar refractivity (Wildman–Crippen MR) is 166 cm³/mol. The summed E-state index contributed by atoms with van der Waals surface area (Å²) in [6, 6.07) is 25.3. The minimum Gasteiger partial charge on any atom is -0.481 e. The van der Waals surface area contributed by atoms with Crippen LogP contribution in [0.15, 0.2) is 91.1 Å². The number of hydrogen-bond acceptors (Lipinski definition) is 5. The third-order valence-electron chi connectivity index (χ3n) is 7.78. The topological polar surface area (TPSA) is 66.0 Å². The second-order valence-electron chi connectivity index (χ2n) is 10.8. The number of aryl methyl sites for hydroxylation is 1. The Balaban J connectivity index is 1.52. The average molecular weight is 581 g/mol. The van der Waals surface area contributed by atoms with Crippen molar-refractivity contribution in [1.29, 1.82) is 0 Å². The Morgan fingerprint density at radius 3 is 2.23 bits per heavy atom. The number of pyridine rings is 1. The molecule has 1 aromatic heterocycles. The Morgan fingerprint density at radius 1 is 0.814 bits per heavy atom. The quantitative estimate of drug-likeness (QED) is 0.285. The highest BCUT2D eigenvalue weighted by atomic mass is 19.1. The maximum absolute atomic E-state index is 14.0. The number of amides is 2. The van der Waals surface area contributed by atoms with E-state index in [0.29, 0.717) is 36.6 Å². The fraction of sp³-hybridized carbons (Fsp3) is 0.286. The molecule has 8 heteroatoms. The number of para-hydroxylation sites is 1. The van der Waals surface area contributed by atoms with Gasteiger partial charge < -0.3 is 14.5 Å². The number of rotatable bonds is 5. The molecule has 3 aromatic carbocycles. The van der Waals surface area contributed by atoms with Gasteiger partial charge in [0.2, 0.25) is 5.88 Å². The molecule has 7 nitrogen and oxygen atoms in total. The first-order valence-electron chi connectivity index (χ1n) is 14.6. The Hall–Kier alpha value is -4.56. The standard InChI is InChI=1S/C35H37FN4O3/c1-26-9-6-12-30-25-39(34(41)29-15-18-32(43-2)37-23-29)21-7-19-38(24-27-10-4-3-5-11-27)20-8-22-40(33(26)30)35(42)28-13-16-31(36)17-14-28/h3-6,9-18,23H,7-8,19-22,24-25H2,1-2H3. The zero-order chi connectivity index (χ0) is 30.2. The SMILES string of the molecule is COc1ccc(C(=O)N2CCCN(Cc3ccccc3)CCCN(C(=O)c3ccc(F)cc3)c3c(C)cccc3C2)cn1. The highest BCUT2D eigenvalue weighted by molar-refractivity contribution is 6.07. The number of benzene rings is 3. The van der Waals surface area contributed by atoms with Gasteiger partial charge in [0.05, 0.1) is 18.4 Å². The Bertz CT molecular complexity index is 1530. The maximum Gasteiger partial charge on any atom is 0.258 e. The predicted octanol–water partition coefficient (Wildman–Crippen LogP) is 6.12. The highest BCUT2D eigenvalue weighted by Crippen LogP contribution is 2.30. The Morgan fingerprint density at radius 2 is 1.53 bits per heavy atom. The van der Waals surface area contributed by atoms with Crippen LogP contribution in [0.1, 0.15) is 50.2 Å². The third kappa shape index (κ3) is 7.45. The molecule has 0 N–H and O–H groups in total. The largest absolute Gasteiger partial charge is 0.481 e. The van der Waals surface area contributed by atoms with Gasteiger partial charge in [0.15, 0.2) is 0 Å². The summed E-state index contributed by atoms with van der Waals surface area (Å²) in [5, 5.41) is 0. The molecule has 0 radical (unpaired) electrons. The minimum atomic E-state index is -0.388. The number of methoxy groups -OCH3 is 1. The molecule has 0 unspecified atom stereocenters. The molecule has 43 heavy (non-hydrogen) atoms. The molecule has 0 fully saturated rings. The number of carbonyl (C=O) groups excluding carboxylic acids is 2. The zero-order valence-corrected chi connectivity index (χ0v) is 24.7. The van der Waals surface area contributed by atoms with Crippen molar-refractivity contribution in [3.8, 4) is 5.88 Å². The van der Waals surface area contributed by atoms with Crippen LogP contribution in [0, 0.1) is 12.7 Å². The average Bonchev–Trinajstić information content (AvgIpc) is 3.02. The molecule has 0 aliphatic carbocycles. The van der Waals surface area contributed by atoms with Crippen molar-refractivity contribution >= 4 is 17.5 Å². The number of fused-ring (bicyclic) bond motifs is 1. The van der Waals surface area contributed by atoms with Crippen molar-refractivity contribution in [3.63, 3.8) is 0 Å². The van der Waals surface area contributed by atoms with Crippen LogP contribution in [0.5, 0.6) is 5.88 Å². The number of ether oxygens (including phenoxy) is 1. The van der Waals surface area contributed by atoms with Crippen molar-refractivity contribution in [1.82, 2.24) is 14.8 Å². The van der Waals surface area contributed by atoms with Crippen LogP contribution in [0.25, 0.3) is 0 Å². The van der Waals surface area contributed by atoms with E-state index < -0.39 is 0 Å². The van der Waals surface area contributed by atoms with Crippen LogP contribution >= 0.6 is 0 Å². The summed E-state index contributed by atoms with van der Waals surface area (Å²) in [6.07, 6.45) is 3.09. The zero-order valence-electron chi connectivity index (χ0n) is 24.7. The van der Waals surface area contributed by atoms with E-state index in [1.54, 1.807) is 30.3 Å². The molecule has 0 atom stereocenters. The number of anilines is 1. The summed E-state index contributed by atoms with van der Waals surface area (Å²) in [5.74, 6) is -0.275. The van der Waals surface area contributed by atoms with Gasteiger partial charge in [-0.1, -0.05) is 48.5 Å². The molecule has 4 aromatic rings. The first-order chi connectivity index (χ1) is 20.9. The normalized spacial score (nSPS) is 14.8. The molecule has 0 bridgehead atoms. The molecule has 2 heterocycles. The van der Waals surface area contributed by atoms with Crippen molar-refractivity contribution in [2.75, 3.05) is 38.2 Å². The Kier molecular flexibility index (Phi) is 9.79.